The van der Waals surface area contributed by atoms with E-state index in [9.17, 15) is 0 Å². The average molecular weight is 441 g/mol. The van der Waals surface area contributed by atoms with E-state index in [0.29, 0.717) is 0 Å². The zero-order valence-electron chi connectivity index (χ0n) is 12.4. The molecule has 116 valence electrons. The van der Waals surface area contributed by atoms with Crippen molar-refractivity contribution < 1.29 is 0 Å². The van der Waals surface area contributed by atoms with E-state index in [-0.39, 0.29) is 0 Å². The van der Waals surface area contributed by atoms with Crippen LogP contribution in [0, 0.1) is 0 Å². The Labute approximate surface area is 153 Å². The topological polar surface area (TPSA) is 4.93 Å². The molecule has 1 aromatic heterocycles. The molecule has 3 rings (SSSR count). The maximum Gasteiger partial charge on any atom is 0.0492 e. The lowest BCUT2D eigenvalue weighted by Gasteiger charge is -2.07. The molecule has 0 aliphatic heterocycles. The quantitative estimate of drug-likeness (QED) is 0.317. The Kier molecular flexibility index (Phi) is 5.53. The molecule has 4 heteroatoms. The Morgan fingerprint density at radius 2 is 1.32 bits per heavy atom. The van der Waals surface area contributed by atoms with E-state index in [1.54, 1.807) is 0 Å². The number of aryl methyl sites for hydroxylation is 1. The Hall–Kier alpha value is -0.450. The van der Waals surface area contributed by atoms with E-state index in [4.69, 9.17) is 0 Å². The minimum absolute atomic E-state index is 0.997. The van der Waals surface area contributed by atoms with Gasteiger partial charge in [-0.15, -0.1) is 0 Å². The summed E-state index contributed by atoms with van der Waals surface area (Å²) >= 11 is 11.5. The summed E-state index contributed by atoms with van der Waals surface area (Å²) < 4.78 is 4.73. The zero-order valence-corrected chi connectivity index (χ0v) is 16.4. The molecule has 0 bridgehead atoms. The van der Waals surface area contributed by atoms with Crippen LogP contribution in [0.1, 0.15) is 25.7 Å². The van der Waals surface area contributed by atoms with Crippen molar-refractivity contribution in [2.45, 2.75) is 32.2 Å². The first-order valence-electron chi connectivity index (χ1n) is 7.68. The van der Waals surface area contributed by atoms with Crippen molar-refractivity contribution in [1.29, 1.82) is 0 Å². The van der Waals surface area contributed by atoms with Gasteiger partial charge in [-0.1, -0.05) is 44.7 Å². The highest BCUT2D eigenvalue weighted by molar-refractivity contribution is 9.10. The van der Waals surface area contributed by atoms with Crippen LogP contribution in [-0.2, 0) is 6.54 Å². The number of aromatic nitrogens is 1. The molecule has 0 spiro atoms. The fraction of sp³-hybridized carbons (Fsp3) is 0.333. The molecule has 0 amide bonds. The molecule has 0 N–H and O–H groups in total. The number of nitrogens with zero attached hydrogens (tertiary/aromatic N) is 1. The molecule has 0 saturated carbocycles. The van der Waals surface area contributed by atoms with Crippen LogP contribution in [0.2, 0.25) is 0 Å². The van der Waals surface area contributed by atoms with Gasteiger partial charge < -0.3 is 4.57 Å². The van der Waals surface area contributed by atoms with Gasteiger partial charge in [-0.2, -0.15) is 12.6 Å². The minimum Gasteiger partial charge on any atom is -0.340 e. The standard InChI is InChI=1S/C18H19Br2NS/c19-13-5-7-17-15(11-13)16-12-14(20)6-8-18(16)21(17)9-3-1-2-4-10-22/h5-8,11-12,22H,1-4,9-10H2. The summed E-state index contributed by atoms with van der Waals surface area (Å²) in [6.45, 7) is 1.08. The van der Waals surface area contributed by atoms with Crippen molar-refractivity contribution in [2.75, 3.05) is 5.75 Å². The van der Waals surface area contributed by atoms with Crippen LogP contribution in [-0.4, -0.2) is 10.3 Å². The maximum atomic E-state index is 4.28. The zero-order chi connectivity index (χ0) is 15.5. The molecular weight excluding hydrogens is 422 g/mol. The second-order valence-corrected chi connectivity index (χ2v) is 7.89. The van der Waals surface area contributed by atoms with Crippen molar-refractivity contribution in [3.63, 3.8) is 0 Å². The molecule has 1 nitrogen and oxygen atoms in total. The number of rotatable bonds is 6. The number of benzene rings is 2. The number of halogens is 2. The summed E-state index contributed by atoms with van der Waals surface area (Å²) in [5.41, 5.74) is 2.65. The second-order valence-electron chi connectivity index (χ2n) is 5.61. The molecule has 1 heterocycles. The highest BCUT2D eigenvalue weighted by atomic mass is 79.9. The summed E-state index contributed by atoms with van der Waals surface area (Å²) in [4.78, 5) is 0. The summed E-state index contributed by atoms with van der Waals surface area (Å²) in [5.74, 6) is 0.997. The predicted octanol–water partition coefficient (Wildman–Crippen LogP) is 6.81. The van der Waals surface area contributed by atoms with E-state index < -0.39 is 0 Å². The third-order valence-electron chi connectivity index (χ3n) is 4.08. The Bertz CT molecular complexity index is 735. The number of hydrogen-bond acceptors (Lipinski definition) is 1. The molecule has 0 unspecified atom stereocenters. The molecule has 0 saturated heterocycles. The first-order valence-corrected chi connectivity index (χ1v) is 9.90. The fourth-order valence-electron chi connectivity index (χ4n) is 3.02. The van der Waals surface area contributed by atoms with Crippen molar-refractivity contribution in [2.24, 2.45) is 0 Å². The second kappa shape index (κ2) is 7.41. The molecule has 0 atom stereocenters. The lowest BCUT2D eigenvalue weighted by Crippen LogP contribution is -1.97. The number of fused-ring (bicyclic) bond motifs is 3. The lowest BCUT2D eigenvalue weighted by atomic mass is 10.2. The highest BCUT2D eigenvalue weighted by Crippen LogP contribution is 2.33. The number of unbranched alkanes of at least 4 members (excludes halogenated alkanes) is 3. The third-order valence-corrected chi connectivity index (χ3v) is 5.38. The van der Waals surface area contributed by atoms with Gasteiger partial charge in [-0.05, 0) is 55.0 Å². The molecule has 2 aromatic carbocycles. The Balaban J connectivity index is 1.99. The van der Waals surface area contributed by atoms with Crippen LogP contribution in [0.4, 0.5) is 0 Å². The van der Waals surface area contributed by atoms with E-state index in [0.717, 1.165) is 21.2 Å². The number of hydrogen-bond donors (Lipinski definition) is 1. The summed E-state index contributed by atoms with van der Waals surface area (Å²) in [5, 5.41) is 2.64. The van der Waals surface area contributed by atoms with E-state index >= 15 is 0 Å². The van der Waals surface area contributed by atoms with Gasteiger partial charge >= 0.3 is 0 Å². The SMILES string of the molecule is SCCCCCCn1c2ccc(Br)cc2c2cc(Br)ccc21. The fourth-order valence-corrected chi connectivity index (χ4v) is 3.97. The van der Waals surface area contributed by atoms with Gasteiger partial charge in [0, 0.05) is 37.3 Å². The molecule has 0 aliphatic carbocycles. The summed E-state index contributed by atoms with van der Waals surface area (Å²) in [6, 6.07) is 13.2. The third kappa shape index (κ3) is 3.39. The molecule has 22 heavy (non-hydrogen) atoms. The summed E-state index contributed by atoms with van der Waals surface area (Å²) in [7, 11) is 0. The molecular formula is C18H19Br2NS. The smallest absolute Gasteiger partial charge is 0.0492 e. The van der Waals surface area contributed by atoms with Gasteiger partial charge in [0.15, 0.2) is 0 Å². The van der Waals surface area contributed by atoms with E-state index in [1.807, 2.05) is 0 Å². The first-order chi connectivity index (χ1) is 10.7. The van der Waals surface area contributed by atoms with Crippen LogP contribution < -0.4 is 0 Å². The Morgan fingerprint density at radius 3 is 1.86 bits per heavy atom. The van der Waals surface area contributed by atoms with Crippen LogP contribution >= 0.6 is 44.5 Å². The van der Waals surface area contributed by atoms with Gasteiger partial charge in [-0.25, -0.2) is 0 Å². The van der Waals surface area contributed by atoms with Crippen LogP contribution in [0.25, 0.3) is 21.8 Å². The minimum atomic E-state index is 0.997. The molecule has 0 aliphatic rings. The number of thiol groups is 1. The van der Waals surface area contributed by atoms with Gasteiger partial charge in [0.25, 0.3) is 0 Å². The molecule has 0 radical (unpaired) electrons. The largest absolute Gasteiger partial charge is 0.340 e. The first kappa shape index (κ1) is 16.4. The van der Waals surface area contributed by atoms with Crippen molar-refractivity contribution in [3.8, 4) is 0 Å². The lowest BCUT2D eigenvalue weighted by molar-refractivity contribution is 0.604. The monoisotopic (exact) mass is 439 g/mol. The van der Waals surface area contributed by atoms with E-state index in [1.165, 1.54) is 47.5 Å². The van der Waals surface area contributed by atoms with Crippen LogP contribution in [0.5, 0.6) is 0 Å². The van der Waals surface area contributed by atoms with Gasteiger partial charge in [0.1, 0.15) is 0 Å². The van der Waals surface area contributed by atoms with Gasteiger partial charge in [0.05, 0.1) is 0 Å². The Morgan fingerprint density at radius 1 is 0.773 bits per heavy atom. The van der Waals surface area contributed by atoms with Crippen LogP contribution in [0.15, 0.2) is 45.3 Å². The molecule has 0 fully saturated rings. The normalized spacial score (nSPS) is 11.6. The maximum absolute atomic E-state index is 4.28. The van der Waals surface area contributed by atoms with Crippen LogP contribution in [0.3, 0.4) is 0 Å². The average Bonchev–Trinajstić information content (AvgIpc) is 2.80. The van der Waals surface area contributed by atoms with Gasteiger partial charge in [0.2, 0.25) is 0 Å². The molecule has 3 aromatic rings. The highest BCUT2D eigenvalue weighted by Gasteiger charge is 2.11. The van der Waals surface area contributed by atoms with Crippen molar-refractivity contribution >= 4 is 66.3 Å². The van der Waals surface area contributed by atoms with Crippen molar-refractivity contribution in [3.05, 3.63) is 45.3 Å². The predicted molar refractivity (Wildman–Crippen MR) is 107 cm³/mol. The van der Waals surface area contributed by atoms with Gasteiger partial charge in [-0.3, -0.25) is 0 Å². The van der Waals surface area contributed by atoms with Crippen molar-refractivity contribution in [1.82, 2.24) is 4.57 Å². The summed E-state index contributed by atoms with van der Waals surface area (Å²) in [6.07, 6.45) is 4.99. The van der Waals surface area contributed by atoms with E-state index in [2.05, 4.69) is 85.5 Å².